The van der Waals surface area contributed by atoms with Crippen LogP contribution in [0, 0.1) is 19.7 Å². The molecule has 0 aromatic heterocycles. The maximum absolute atomic E-state index is 13.4. The zero-order chi connectivity index (χ0) is 23.5. The van der Waals surface area contributed by atoms with Crippen LogP contribution in [0.2, 0.25) is 0 Å². The van der Waals surface area contributed by atoms with Gasteiger partial charge < -0.3 is 4.74 Å². The second kappa shape index (κ2) is 9.08. The summed E-state index contributed by atoms with van der Waals surface area (Å²) in [7, 11) is 0. The number of rotatable bonds is 5. The Hall–Kier alpha value is -4.26. The molecule has 33 heavy (non-hydrogen) atoms. The van der Waals surface area contributed by atoms with Crippen LogP contribution in [0.3, 0.4) is 0 Å². The van der Waals surface area contributed by atoms with Gasteiger partial charge in [-0.25, -0.2) is 14.1 Å². The number of barbiturate groups is 1. The van der Waals surface area contributed by atoms with Crippen molar-refractivity contribution >= 4 is 29.6 Å². The van der Waals surface area contributed by atoms with E-state index in [0.717, 1.165) is 16.0 Å². The summed E-state index contributed by atoms with van der Waals surface area (Å²) in [5.41, 5.74) is 3.07. The van der Waals surface area contributed by atoms with Gasteiger partial charge in [-0.2, -0.15) is 0 Å². The number of urea groups is 1. The van der Waals surface area contributed by atoms with E-state index in [2.05, 4.69) is 5.32 Å². The van der Waals surface area contributed by atoms with Gasteiger partial charge in [-0.1, -0.05) is 36.4 Å². The van der Waals surface area contributed by atoms with Crippen molar-refractivity contribution in [2.45, 2.75) is 20.5 Å². The molecule has 1 saturated heterocycles. The molecule has 3 aromatic carbocycles. The molecule has 1 aliphatic heterocycles. The van der Waals surface area contributed by atoms with Gasteiger partial charge in [-0.3, -0.25) is 14.9 Å². The van der Waals surface area contributed by atoms with E-state index in [4.69, 9.17) is 4.74 Å². The number of aryl methyl sites for hydroxylation is 2. The molecule has 0 unspecified atom stereocenters. The van der Waals surface area contributed by atoms with Crippen molar-refractivity contribution in [3.05, 3.63) is 100 Å². The molecular weight excluding hydrogens is 423 g/mol. The van der Waals surface area contributed by atoms with Gasteiger partial charge in [0.15, 0.2) is 0 Å². The number of anilines is 1. The number of carbonyl (C=O) groups excluding carboxylic acids is 3. The molecular formula is C26H21FN2O4. The molecule has 4 amide bonds. The Labute approximate surface area is 190 Å². The van der Waals surface area contributed by atoms with Gasteiger partial charge in [-0.05, 0) is 72.5 Å². The number of imide groups is 2. The van der Waals surface area contributed by atoms with Gasteiger partial charge in [0.1, 0.15) is 23.7 Å². The number of ether oxygens (including phenoxy) is 1. The fourth-order valence-corrected chi connectivity index (χ4v) is 3.49. The van der Waals surface area contributed by atoms with Crippen molar-refractivity contribution in [3.63, 3.8) is 0 Å². The fourth-order valence-electron chi connectivity index (χ4n) is 3.49. The van der Waals surface area contributed by atoms with Crippen LogP contribution in [-0.2, 0) is 16.2 Å². The van der Waals surface area contributed by atoms with E-state index in [1.807, 2.05) is 19.1 Å². The molecule has 7 heteroatoms. The third kappa shape index (κ3) is 4.82. The molecule has 166 valence electrons. The topological polar surface area (TPSA) is 75.7 Å². The summed E-state index contributed by atoms with van der Waals surface area (Å²) >= 11 is 0. The lowest BCUT2D eigenvalue weighted by Gasteiger charge is -2.27. The van der Waals surface area contributed by atoms with Crippen LogP contribution < -0.4 is 15.0 Å². The first-order valence-corrected chi connectivity index (χ1v) is 10.3. The third-order valence-corrected chi connectivity index (χ3v) is 5.17. The van der Waals surface area contributed by atoms with Gasteiger partial charge in [0, 0.05) is 0 Å². The second-order valence-corrected chi connectivity index (χ2v) is 7.74. The third-order valence-electron chi connectivity index (χ3n) is 5.17. The number of carbonyl (C=O) groups is 3. The summed E-state index contributed by atoms with van der Waals surface area (Å²) in [6.45, 7) is 3.80. The molecule has 1 heterocycles. The van der Waals surface area contributed by atoms with E-state index in [1.165, 1.54) is 18.2 Å². The fraction of sp³-hybridized carbons (Fsp3) is 0.115. The zero-order valence-electron chi connectivity index (χ0n) is 18.1. The van der Waals surface area contributed by atoms with Crippen LogP contribution >= 0.6 is 0 Å². The van der Waals surface area contributed by atoms with Crippen molar-refractivity contribution in [2.75, 3.05) is 4.90 Å². The SMILES string of the molecule is Cc1ccc(C)c(N2C(=O)NC(=O)/C(=C/c3cccc(OCc4cccc(F)c4)c3)C2=O)c1. The average Bonchev–Trinajstić information content (AvgIpc) is 2.78. The van der Waals surface area contributed by atoms with Crippen LogP contribution in [0.25, 0.3) is 6.08 Å². The average molecular weight is 444 g/mol. The number of hydrogen-bond acceptors (Lipinski definition) is 4. The maximum atomic E-state index is 13.4. The number of benzene rings is 3. The van der Waals surface area contributed by atoms with E-state index < -0.39 is 17.8 Å². The smallest absolute Gasteiger partial charge is 0.335 e. The minimum Gasteiger partial charge on any atom is -0.489 e. The van der Waals surface area contributed by atoms with E-state index in [0.29, 0.717) is 22.6 Å². The Morgan fingerprint density at radius 2 is 1.76 bits per heavy atom. The maximum Gasteiger partial charge on any atom is 0.335 e. The lowest BCUT2D eigenvalue weighted by molar-refractivity contribution is -0.122. The molecule has 6 nitrogen and oxygen atoms in total. The Kier molecular flexibility index (Phi) is 6.04. The summed E-state index contributed by atoms with van der Waals surface area (Å²) in [4.78, 5) is 39.1. The Morgan fingerprint density at radius 3 is 2.55 bits per heavy atom. The predicted molar refractivity (Wildman–Crippen MR) is 122 cm³/mol. The van der Waals surface area contributed by atoms with E-state index in [1.54, 1.807) is 49.4 Å². The highest BCUT2D eigenvalue weighted by Crippen LogP contribution is 2.27. The molecule has 1 aliphatic rings. The highest BCUT2D eigenvalue weighted by atomic mass is 19.1. The summed E-state index contributed by atoms with van der Waals surface area (Å²) < 4.78 is 19.1. The Balaban J connectivity index is 1.60. The Bertz CT molecular complexity index is 1300. The van der Waals surface area contributed by atoms with Crippen molar-refractivity contribution in [3.8, 4) is 5.75 Å². The van der Waals surface area contributed by atoms with Crippen molar-refractivity contribution in [1.29, 1.82) is 0 Å². The van der Waals surface area contributed by atoms with Crippen LogP contribution in [0.15, 0.2) is 72.3 Å². The molecule has 0 aliphatic carbocycles. The summed E-state index contributed by atoms with van der Waals surface area (Å²) in [6.07, 6.45) is 1.41. The standard InChI is InChI=1S/C26H21FN2O4/c1-16-9-10-17(2)23(11-16)29-25(31)22(24(30)28-26(29)32)14-18-5-4-8-21(13-18)33-15-19-6-3-7-20(27)12-19/h3-14H,15H2,1-2H3,(H,28,30,32)/b22-14-. The summed E-state index contributed by atoms with van der Waals surface area (Å²) in [5.74, 6) is -1.33. The van der Waals surface area contributed by atoms with Crippen LogP contribution in [0.1, 0.15) is 22.3 Å². The molecule has 3 aromatic rings. The van der Waals surface area contributed by atoms with E-state index in [-0.39, 0.29) is 18.0 Å². The molecule has 0 atom stereocenters. The zero-order valence-corrected chi connectivity index (χ0v) is 18.1. The lowest BCUT2D eigenvalue weighted by atomic mass is 10.0. The highest BCUT2D eigenvalue weighted by Gasteiger charge is 2.37. The minimum absolute atomic E-state index is 0.159. The van der Waals surface area contributed by atoms with Gasteiger partial charge >= 0.3 is 6.03 Å². The van der Waals surface area contributed by atoms with Crippen molar-refractivity contribution in [1.82, 2.24) is 5.32 Å². The van der Waals surface area contributed by atoms with Gasteiger partial charge in [0.2, 0.25) is 0 Å². The van der Waals surface area contributed by atoms with E-state index in [9.17, 15) is 18.8 Å². The first-order chi connectivity index (χ1) is 15.8. The number of nitrogens with one attached hydrogen (secondary N) is 1. The predicted octanol–water partition coefficient (Wildman–Crippen LogP) is 4.69. The van der Waals surface area contributed by atoms with Gasteiger partial charge in [-0.15, -0.1) is 0 Å². The quantitative estimate of drug-likeness (QED) is 0.458. The highest BCUT2D eigenvalue weighted by molar-refractivity contribution is 6.39. The van der Waals surface area contributed by atoms with Gasteiger partial charge in [0.25, 0.3) is 11.8 Å². The molecule has 1 N–H and O–H groups in total. The van der Waals surface area contributed by atoms with Crippen LogP contribution in [0.4, 0.5) is 14.9 Å². The summed E-state index contributed by atoms with van der Waals surface area (Å²) in [5, 5.41) is 2.23. The Morgan fingerprint density at radius 1 is 0.970 bits per heavy atom. The first kappa shape index (κ1) is 22.0. The van der Waals surface area contributed by atoms with Crippen LogP contribution in [0.5, 0.6) is 5.75 Å². The van der Waals surface area contributed by atoms with E-state index >= 15 is 0 Å². The number of halogens is 1. The molecule has 4 rings (SSSR count). The summed E-state index contributed by atoms with van der Waals surface area (Å²) in [6, 6.07) is 17.5. The monoisotopic (exact) mass is 444 g/mol. The number of nitrogens with zero attached hydrogens (tertiary/aromatic N) is 1. The normalized spacial score (nSPS) is 15.1. The lowest BCUT2D eigenvalue weighted by Crippen LogP contribution is -2.54. The van der Waals surface area contributed by atoms with Gasteiger partial charge in [0.05, 0.1) is 5.69 Å². The number of amides is 4. The van der Waals surface area contributed by atoms with Crippen molar-refractivity contribution in [2.24, 2.45) is 0 Å². The first-order valence-electron chi connectivity index (χ1n) is 10.3. The second-order valence-electron chi connectivity index (χ2n) is 7.74. The molecule has 0 bridgehead atoms. The molecule has 0 saturated carbocycles. The van der Waals surface area contributed by atoms with Crippen molar-refractivity contribution < 1.29 is 23.5 Å². The molecule has 1 fully saturated rings. The largest absolute Gasteiger partial charge is 0.489 e. The molecule has 0 spiro atoms. The minimum atomic E-state index is -0.789. The molecule has 0 radical (unpaired) electrons. The van der Waals surface area contributed by atoms with Crippen LogP contribution in [-0.4, -0.2) is 17.8 Å². The number of hydrogen-bond donors (Lipinski definition) is 1.